The lowest BCUT2D eigenvalue weighted by Gasteiger charge is -2.49. The monoisotopic (exact) mass is 330 g/mol. The largest absolute Gasteiger partial charge is 0.359 e. The fourth-order valence-corrected chi connectivity index (χ4v) is 4.08. The van der Waals surface area contributed by atoms with E-state index in [1.165, 1.54) is 0 Å². The van der Waals surface area contributed by atoms with Gasteiger partial charge >= 0.3 is 0 Å². The third kappa shape index (κ3) is 3.89. The Bertz CT molecular complexity index is 375. The molecule has 0 bridgehead atoms. The molecule has 23 heavy (non-hydrogen) atoms. The Morgan fingerprint density at radius 2 is 1.91 bits per heavy atom. The zero-order chi connectivity index (χ0) is 16.3. The van der Waals surface area contributed by atoms with Crippen LogP contribution in [-0.2, 0) is 28.4 Å². The molecule has 0 amide bonds. The second kappa shape index (κ2) is 7.33. The number of hydrogen-bond acceptors (Lipinski definition) is 6. The molecule has 134 valence electrons. The fourth-order valence-electron chi connectivity index (χ4n) is 4.08. The summed E-state index contributed by atoms with van der Waals surface area (Å²) in [6, 6.07) is 0. The number of rotatable bonds is 5. The van der Waals surface area contributed by atoms with Crippen LogP contribution in [0.1, 0.15) is 46.0 Å². The first-order valence-electron chi connectivity index (χ1n) is 8.77. The normalized spacial score (nSPS) is 38.7. The van der Waals surface area contributed by atoms with Crippen molar-refractivity contribution in [2.45, 2.75) is 69.7 Å². The molecule has 0 aromatic rings. The molecule has 3 saturated heterocycles. The lowest BCUT2D eigenvalue weighted by Crippen LogP contribution is -2.57. The van der Waals surface area contributed by atoms with Crippen molar-refractivity contribution >= 4 is 0 Å². The summed E-state index contributed by atoms with van der Waals surface area (Å²) in [4.78, 5) is 0. The third-order valence-corrected chi connectivity index (χ3v) is 5.06. The van der Waals surface area contributed by atoms with Gasteiger partial charge in [0.05, 0.1) is 25.9 Å². The molecule has 3 aliphatic rings. The Labute approximate surface area is 138 Å². The molecule has 1 spiro atoms. The summed E-state index contributed by atoms with van der Waals surface area (Å²) in [5.41, 5.74) is 0. The average molecular weight is 330 g/mol. The summed E-state index contributed by atoms with van der Waals surface area (Å²) in [5, 5.41) is 0. The molecule has 0 aliphatic carbocycles. The molecule has 0 aromatic carbocycles. The van der Waals surface area contributed by atoms with Crippen molar-refractivity contribution < 1.29 is 28.4 Å². The quantitative estimate of drug-likeness (QED) is 0.722. The van der Waals surface area contributed by atoms with Gasteiger partial charge in [-0.2, -0.15) is 0 Å². The van der Waals surface area contributed by atoms with Crippen molar-refractivity contribution in [2.75, 3.05) is 33.7 Å². The maximum Gasteiger partial charge on any atom is 0.194 e. The highest BCUT2D eigenvalue weighted by atomic mass is 16.8. The molecule has 3 rings (SSSR count). The molecule has 4 atom stereocenters. The SMILES string of the molecule is COCO[C@@H]([C@@H]1C[C@@H](C)C[C@]2(CCCCO2)O1)C1(C)OCCO1. The van der Waals surface area contributed by atoms with Crippen LogP contribution in [0, 0.1) is 5.92 Å². The van der Waals surface area contributed by atoms with E-state index >= 15 is 0 Å². The van der Waals surface area contributed by atoms with E-state index in [0.717, 1.165) is 38.7 Å². The van der Waals surface area contributed by atoms with Crippen LogP contribution in [0.25, 0.3) is 0 Å². The highest BCUT2D eigenvalue weighted by Crippen LogP contribution is 2.43. The van der Waals surface area contributed by atoms with Crippen LogP contribution in [0.3, 0.4) is 0 Å². The van der Waals surface area contributed by atoms with E-state index in [0.29, 0.717) is 19.1 Å². The Balaban J connectivity index is 1.76. The second-order valence-corrected chi connectivity index (χ2v) is 7.12. The van der Waals surface area contributed by atoms with E-state index in [1.807, 2.05) is 6.92 Å². The Kier molecular flexibility index (Phi) is 5.61. The van der Waals surface area contributed by atoms with E-state index < -0.39 is 11.6 Å². The average Bonchev–Trinajstić information content (AvgIpc) is 2.95. The first-order valence-corrected chi connectivity index (χ1v) is 8.77. The van der Waals surface area contributed by atoms with Crippen molar-refractivity contribution in [2.24, 2.45) is 5.92 Å². The lowest BCUT2D eigenvalue weighted by atomic mass is 9.84. The van der Waals surface area contributed by atoms with Gasteiger partial charge in [0.1, 0.15) is 12.9 Å². The van der Waals surface area contributed by atoms with Gasteiger partial charge in [-0.05, 0) is 32.1 Å². The van der Waals surface area contributed by atoms with Crippen molar-refractivity contribution in [3.05, 3.63) is 0 Å². The molecule has 0 saturated carbocycles. The zero-order valence-electron chi connectivity index (χ0n) is 14.5. The van der Waals surface area contributed by atoms with E-state index in [9.17, 15) is 0 Å². The number of methoxy groups -OCH3 is 1. The van der Waals surface area contributed by atoms with Crippen LogP contribution in [-0.4, -0.2) is 57.5 Å². The summed E-state index contributed by atoms with van der Waals surface area (Å²) < 4.78 is 35.3. The Morgan fingerprint density at radius 3 is 2.57 bits per heavy atom. The van der Waals surface area contributed by atoms with Crippen molar-refractivity contribution in [3.63, 3.8) is 0 Å². The standard InChI is InChI=1S/C17H30O6/c1-13-10-14(23-17(11-13)6-4-5-7-22-17)15(19-12-18-3)16(2)20-8-9-21-16/h13-15H,4-12H2,1-3H3/t13-,14+,15+,17+/m1/s1. The zero-order valence-corrected chi connectivity index (χ0v) is 14.5. The van der Waals surface area contributed by atoms with Crippen LogP contribution in [0.2, 0.25) is 0 Å². The topological polar surface area (TPSA) is 55.4 Å². The maximum absolute atomic E-state index is 6.46. The molecular weight excluding hydrogens is 300 g/mol. The molecule has 0 radical (unpaired) electrons. The maximum atomic E-state index is 6.46. The predicted molar refractivity (Wildman–Crippen MR) is 82.9 cm³/mol. The Hall–Kier alpha value is -0.240. The molecule has 3 fully saturated rings. The first kappa shape index (κ1) is 17.6. The van der Waals surface area contributed by atoms with Gasteiger partial charge in [0.2, 0.25) is 0 Å². The van der Waals surface area contributed by atoms with Gasteiger partial charge in [-0.15, -0.1) is 0 Å². The van der Waals surface area contributed by atoms with Crippen molar-refractivity contribution in [1.29, 1.82) is 0 Å². The van der Waals surface area contributed by atoms with Crippen molar-refractivity contribution in [1.82, 2.24) is 0 Å². The van der Waals surface area contributed by atoms with Crippen LogP contribution in [0.15, 0.2) is 0 Å². The van der Waals surface area contributed by atoms with Crippen LogP contribution >= 0.6 is 0 Å². The van der Waals surface area contributed by atoms with Gasteiger partial charge in [0.25, 0.3) is 0 Å². The summed E-state index contributed by atoms with van der Waals surface area (Å²) in [6.45, 7) is 6.29. The Morgan fingerprint density at radius 1 is 1.13 bits per heavy atom. The molecule has 0 unspecified atom stereocenters. The molecule has 6 heteroatoms. The van der Waals surface area contributed by atoms with Gasteiger partial charge in [-0.25, -0.2) is 0 Å². The van der Waals surface area contributed by atoms with Gasteiger partial charge in [-0.1, -0.05) is 6.92 Å². The van der Waals surface area contributed by atoms with Crippen LogP contribution < -0.4 is 0 Å². The number of ether oxygens (including phenoxy) is 6. The molecule has 6 nitrogen and oxygen atoms in total. The molecule has 3 aliphatic heterocycles. The summed E-state index contributed by atoms with van der Waals surface area (Å²) in [7, 11) is 1.62. The van der Waals surface area contributed by atoms with E-state index in [1.54, 1.807) is 7.11 Å². The van der Waals surface area contributed by atoms with Gasteiger partial charge in [0.15, 0.2) is 11.6 Å². The van der Waals surface area contributed by atoms with Gasteiger partial charge in [-0.3, -0.25) is 0 Å². The minimum atomic E-state index is -0.796. The minimum Gasteiger partial charge on any atom is -0.359 e. The van der Waals surface area contributed by atoms with E-state index in [2.05, 4.69) is 6.92 Å². The lowest BCUT2D eigenvalue weighted by molar-refractivity contribution is -0.346. The minimum absolute atomic E-state index is 0.130. The highest BCUT2D eigenvalue weighted by Gasteiger charge is 2.51. The van der Waals surface area contributed by atoms with E-state index in [-0.39, 0.29) is 19.0 Å². The van der Waals surface area contributed by atoms with Crippen LogP contribution in [0.5, 0.6) is 0 Å². The smallest absolute Gasteiger partial charge is 0.194 e. The summed E-state index contributed by atoms with van der Waals surface area (Å²) in [5.74, 6) is -0.758. The molecule has 0 N–H and O–H groups in total. The van der Waals surface area contributed by atoms with Crippen molar-refractivity contribution in [3.8, 4) is 0 Å². The molecule has 3 heterocycles. The second-order valence-electron chi connectivity index (χ2n) is 7.12. The summed E-state index contributed by atoms with van der Waals surface area (Å²) in [6.07, 6.45) is 4.58. The van der Waals surface area contributed by atoms with Gasteiger partial charge < -0.3 is 28.4 Å². The number of hydrogen-bond donors (Lipinski definition) is 0. The third-order valence-electron chi connectivity index (χ3n) is 5.06. The fraction of sp³-hybridized carbons (Fsp3) is 1.00. The first-order chi connectivity index (χ1) is 11.1. The molecule has 0 aromatic heterocycles. The van der Waals surface area contributed by atoms with Crippen LogP contribution in [0.4, 0.5) is 0 Å². The van der Waals surface area contributed by atoms with E-state index in [4.69, 9.17) is 28.4 Å². The highest BCUT2D eigenvalue weighted by molar-refractivity contribution is 4.93. The molecular formula is C17H30O6. The predicted octanol–water partition coefficient (Wildman–Crippen LogP) is 2.45. The van der Waals surface area contributed by atoms with Gasteiger partial charge in [0, 0.05) is 20.0 Å². The summed E-state index contributed by atoms with van der Waals surface area (Å²) >= 11 is 0.